The van der Waals surface area contributed by atoms with E-state index in [9.17, 15) is 4.79 Å². The number of likely N-dealkylation sites (tertiary alicyclic amines) is 1. The molecule has 1 aromatic carbocycles. The lowest BCUT2D eigenvalue weighted by Gasteiger charge is -2.33. The molecule has 158 valence electrons. The minimum Gasteiger partial charge on any atom is -0.454 e. The molecule has 0 unspecified atom stereocenters. The summed E-state index contributed by atoms with van der Waals surface area (Å²) >= 11 is 5.95. The summed E-state index contributed by atoms with van der Waals surface area (Å²) in [6, 6.07) is 11.7. The van der Waals surface area contributed by atoms with E-state index in [1.165, 1.54) is 5.56 Å². The molecule has 0 bridgehead atoms. The maximum absolute atomic E-state index is 11.1. The Kier molecular flexibility index (Phi) is 9.25. The van der Waals surface area contributed by atoms with E-state index in [4.69, 9.17) is 21.8 Å². The van der Waals surface area contributed by atoms with Crippen molar-refractivity contribution in [3.8, 4) is 0 Å². The number of furan rings is 1. The van der Waals surface area contributed by atoms with E-state index in [-0.39, 0.29) is 29.7 Å². The fourth-order valence-electron chi connectivity index (χ4n) is 3.25. The quantitative estimate of drug-likeness (QED) is 0.303. The normalized spacial score (nSPS) is 15.6. The van der Waals surface area contributed by atoms with Crippen LogP contribution in [0.25, 0.3) is 0 Å². The Morgan fingerprint density at radius 1 is 1.24 bits per heavy atom. The molecule has 1 aromatic heterocycles. The standard InChI is InChI=1S/C20H26ClN5O2.HI/c1-23-20(24-12-17-6-7-18(28-17)19(22)27)25-16-8-10-26(11-9-16)13-14-2-4-15(21)5-3-14;/h2-7,16H,8-13H2,1H3,(H2,22,27)(H2,23,24,25);1H. The van der Waals surface area contributed by atoms with Crippen molar-refractivity contribution in [1.82, 2.24) is 15.5 Å². The molecule has 1 saturated heterocycles. The van der Waals surface area contributed by atoms with Crippen molar-refractivity contribution in [1.29, 1.82) is 0 Å². The zero-order valence-corrected chi connectivity index (χ0v) is 19.4. The zero-order chi connectivity index (χ0) is 19.9. The van der Waals surface area contributed by atoms with Crippen LogP contribution < -0.4 is 16.4 Å². The van der Waals surface area contributed by atoms with Crippen molar-refractivity contribution in [2.24, 2.45) is 10.7 Å². The maximum Gasteiger partial charge on any atom is 0.284 e. The molecule has 9 heteroatoms. The Balaban J connectivity index is 0.00000300. The minimum atomic E-state index is -0.570. The van der Waals surface area contributed by atoms with Crippen molar-refractivity contribution in [3.05, 3.63) is 58.5 Å². The number of carbonyl (C=O) groups is 1. The molecule has 2 aromatic rings. The number of halogens is 2. The Bertz CT molecular complexity index is 817. The lowest BCUT2D eigenvalue weighted by Crippen LogP contribution is -2.48. The van der Waals surface area contributed by atoms with E-state index in [1.807, 2.05) is 12.1 Å². The first kappa shape index (κ1) is 23.5. The van der Waals surface area contributed by atoms with E-state index >= 15 is 0 Å². The highest BCUT2D eigenvalue weighted by atomic mass is 127. The van der Waals surface area contributed by atoms with Gasteiger partial charge in [0, 0.05) is 37.7 Å². The highest BCUT2D eigenvalue weighted by Gasteiger charge is 2.20. The number of guanidine groups is 1. The van der Waals surface area contributed by atoms with Crippen LogP contribution >= 0.6 is 35.6 Å². The van der Waals surface area contributed by atoms with Crippen molar-refractivity contribution < 1.29 is 9.21 Å². The van der Waals surface area contributed by atoms with Gasteiger partial charge in [0.1, 0.15) is 5.76 Å². The number of nitrogens with two attached hydrogens (primary N) is 1. The minimum absolute atomic E-state index is 0. The van der Waals surface area contributed by atoms with Crippen LogP contribution in [0, 0.1) is 0 Å². The Hall–Kier alpha value is -1.78. The number of carbonyl (C=O) groups excluding carboxylic acids is 1. The predicted molar refractivity (Wildman–Crippen MR) is 126 cm³/mol. The number of primary amides is 1. The average molecular weight is 532 g/mol. The lowest BCUT2D eigenvalue weighted by atomic mass is 10.0. The van der Waals surface area contributed by atoms with Gasteiger partial charge in [0.05, 0.1) is 6.54 Å². The molecule has 0 saturated carbocycles. The van der Waals surface area contributed by atoms with Gasteiger partial charge in [-0.05, 0) is 42.7 Å². The van der Waals surface area contributed by atoms with Gasteiger partial charge >= 0.3 is 0 Å². The third-order valence-electron chi connectivity index (χ3n) is 4.81. The van der Waals surface area contributed by atoms with Gasteiger partial charge in [-0.1, -0.05) is 23.7 Å². The predicted octanol–water partition coefficient (Wildman–Crippen LogP) is 2.98. The number of aliphatic imine (C=N–C) groups is 1. The highest BCUT2D eigenvalue weighted by Crippen LogP contribution is 2.16. The summed E-state index contributed by atoms with van der Waals surface area (Å²) in [7, 11) is 1.74. The maximum atomic E-state index is 11.1. The average Bonchev–Trinajstić information content (AvgIpc) is 3.18. The van der Waals surface area contributed by atoms with E-state index in [0.29, 0.717) is 24.3 Å². The Labute approximate surface area is 193 Å². The molecule has 0 aliphatic carbocycles. The molecule has 1 aliphatic rings. The molecule has 2 heterocycles. The van der Waals surface area contributed by atoms with Gasteiger partial charge in [-0.3, -0.25) is 14.7 Å². The largest absolute Gasteiger partial charge is 0.454 e. The number of hydrogen-bond donors (Lipinski definition) is 3. The summed E-state index contributed by atoms with van der Waals surface area (Å²) in [5, 5.41) is 7.44. The second-order valence-corrected chi connectivity index (χ2v) is 7.31. The van der Waals surface area contributed by atoms with Crippen LogP contribution in [0.4, 0.5) is 0 Å². The molecule has 0 atom stereocenters. The molecule has 1 fully saturated rings. The monoisotopic (exact) mass is 531 g/mol. The van der Waals surface area contributed by atoms with Gasteiger partial charge in [0.2, 0.25) is 0 Å². The fourth-order valence-corrected chi connectivity index (χ4v) is 3.37. The molecule has 7 nitrogen and oxygen atoms in total. The van der Waals surface area contributed by atoms with Crippen LogP contribution in [-0.2, 0) is 13.1 Å². The Morgan fingerprint density at radius 2 is 1.93 bits per heavy atom. The number of benzene rings is 1. The number of rotatable bonds is 6. The first-order chi connectivity index (χ1) is 13.5. The number of nitrogens with one attached hydrogen (secondary N) is 2. The fraction of sp³-hybridized carbons (Fsp3) is 0.400. The molecule has 29 heavy (non-hydrogen) atoms. The van der Waals surface area contributed by atoms with Crippen molar-refractivity contribution in [3.63, 3.8) is 0 Å². The zero-order valence-electron chi connectivity index (χ0n) is 16.4. The van der Waals surface area contributed by atoms with Crippen molar-refractivity contribution >= 4 is 47.4 Å². The number of nitrogens with zero attached hydrogens (tertiary/aromatic N) is 2. The molecule has 3 rings (SSSR count). The van der Waals surface area contributed by atoms with E-state index in [2.05, 4.69) is 32.7 Å². The molecular weight excluding hydrogens is 505 g/mol. The summed E-state index contributed by atoms with van der Waals surface area (Å²) in [6.45, 7) is 3.43. The summed E-state index contributed by atoms with van der Waals surface area (Å²) in [5.74, 6) is 0.939. The topological polar surface area (TPSA) is 95.9 Å². The van der Waals surface area contributed by atoms with Gasteiger partial charge in [0.15, 0.2) is 11.7 Å². The first-order valence-electron chi connectivity index (χ1n) is 9.36. The van der Waals surface area contributed by atoms with Gasteiger partial charge in [-0.25, -0.2) is 0 Å². The molecule has 1 aliphatic heterocycles. The number of hydrogen-bond acceptors (Lipinski definition) is 4. The van der Waals surface area contributed by atoms with Crippen LogP contribution in [0.15, 0.2) is 45.8 Å². The van der Waals surface area contributed by atoms with Gasteiger partial charge < -0.3 is 20.8 Å². The van der Waals surface area contributed by atoms with Crippen molar-refractivity contribution in [2.45, 2.75) is 32.0 Å². The summed E-state index contributed by atoms with van der Waals surface area (Å²) in [5.41, 5.74) is 6.48. The Morgan fingerprint density at radius 3 is 2.52 bits per heavy atom. The number of amides is 1. The molecular formula is C20H27ClIN5O2. The summed E-state index contributed by atoms with van der Waals surface area (Å²) < 4.78 is 5.37. The molecule has 1 amide bonds. The van der Waals surface area contributed by atoms with Gasteiger partial charge in [-0.15, -0.1) is 24.0 Å². The van der Waals surface area contributed by atoms with E-state index in [1.54, 1.807) is 19.2 Å². The van der Waals surface area contributed by atoms with Crippen LogP contribution in [0.3, 0.4) is 0 Å². The molecule has 0 radical (unpaired) electrons. The first-order valence-corrected chi connectivity index (χ1v) is 9.74. The third-order valence-corrected chi connectivity index (χ3v) is 5.06. The highest BCUT2D eigenvalue weighted by molar-refractivity contribution is 14.0. The van der Waals surface area contributed by atoms with Crippen LogP contribution in [-0.4, -0.2) is 42.9 Å². The van der Waals surface area contributed by atoms with Crippen LogP contribution in [0.2, 0.25) is 5.02 Å². The summed E-state index contributed by atoms with van der Waals surface area (Å²) in [6.07, 6.45) is 2.09. The lowest BCUT2D eigenvalue weighted by molar-refractivity contribution is 0.0972. The van der Waals surface area contributed by atoms with E-state index < -0.39 is 5.91 Å². The number of piperidine rings is 1. The second-order valence-electron chi connectivity index (χ2n) is 6.88. The van der Waals surface area contributed by atoms with Gasteiger partial charge in [0.25, 0.3) is 5.91 Å². The van der Waals surface area contributed by atoms with Gasteiger partial charge in [-0.2, -0.15) is 0 Å². The molecule has 0 spiro atoms. The van der Waals surface area contributed by atoms with E-state index in [0.717, 1.165) is 37.5 Å². The van der Waals surface area contributed by atoms with Crippen LogP contribution in [0.1, 0.15) is 34.7 Å². The second kappa shape index (κ2) is 11.4. The smallest absolute Gasteiger partial charge is 0.284 e. The molecule has 4 N–H and O–H groups in total. The van der Waals surface area contributed by atoms with Crippen LogP contribution in [0.5, 0.6) is 0 Å². The summed E-state index contributed by atoms with van der Waals surface area (Å²) in [4.78, 5) is 17.8. The SMILES string of the molecule is CN=C(NCc1ccc(C(N)=O)o1)NC1CCN(Cc2ccc(Cl)cc2)CC1.I. The third kappa shape index (κ3) is 7.20. The van der Waals surface area contributed by atoms with Crippen molar-refractivity contribution in [2.75, 3.05) is 20.1 Å².